The van der Waals surface area contributed by atoms with Crippen LogP contribution in [0.25, 0.3) is 76.9 Å². The van der Waals surface area contributed by atoms with Crippen LogP contribution in [0.4, 0.5) is 0 Å². The average Bonchev–Trinajstić information content (AvgIpc) is 3.59. The van der Waals surface area contributed by atoms with Gasteiger partial charge in [0.1, 0.15) is 0 Å². The molecule has 0 bridgehead atoms. The number of hydrogen-bond acceptors (Lipinski definition) is 0. The molecule has 0 spiro atoms. The fourth-order valence-electron chi connectivity index (χ4n) is 6.91. The molecule has 0 atom stereocenters. The van der Waals surface area contributed by atoms with Crippen LogP contribution in [0.15, 0.2) is 158 Å². The van der Waals surface area contributed by atoms with E-state index in [1.54, 1.807) is 0 Å². The van der Waals surface area contributed by atoms with Gasteiger partial charge in [0.25, 0.3) is 0 Å². The molecule has 196 valence electrons. The summed E-state index contributed by atoms with van der Waals surface area (Å²) in [5, 5.41) is 7.64. The molecule has 0 fully saturated rings. The van der Waals surface area contributed by atoms with E-state index in [0.717, 1.165) is 0 Å². The number of para-hydroxylation sites is 2. The molecule has 0 saturated carbocycles. The first-order valence-corrected chi connectivity index (χ1v) is 14.5. The van der Waals surface area contributed by atoms with Gasteiger partial charge >= 0.3 is 0 Å². The van der Waals surface area contributed by atoms with Crippen molar-refractivity contribution in [3.05, 3.63) is 158 Å². The molecule has 2 heterocycles. The van der Waals surface area contributed by atoms with E-state index in [1.165, 1.54) is 76.9 Å². The van der Waals surface area contributed by atoms with Crippen molar-refractivity contribution in [3.63, 3.8) is 0 Å². The molecule has 0 amide bonds. The smallest absolute Gasteiger partial charge is 0.0619 e. The van der Waals surface area contributed by atoms with Crippen molar-refractivity contribution in [1.82, 2.24) is 9.13 Å². The molecule has 0 radical (unpaired) electrons. The highest BCUT2D eigenvalue weighted by Crippen LogP contribution is 2.44. The van der Waals surface area contributed by atoms with Gasteiger partial charge in [0.2, 0.25) is 0 Å². The summed E-state index contributed by atoms with van der Waals surface area (Å²) in [6.45, 7) is 0. The van der Waals surface area contributed by atoms with Crippen LogP contribution in [0.3, 0.4) is 0 Å². The zero-order valence-electron chi connectivity index (χ0n) is 22.9. The van der Waals surface area contributed by atoms with Crippen molar-refractivity contribution in [3.8, 4) is 22.5 Å². The first-order valence-electron chi connectivity index (χ1n) is 14.5. The maximum Gasteiger partial charge on any atom is 0.0619 e. The van der Waals surface area contributed by atoms with Gasteiger partial charge in [0.05, 0.1) is 22.1 Å². The number of nitrogens with zero attached hydrogens (tertiary/aromatic N) is 2. The van der Waals surface area contributed by atoms with Gasteiger partial charge in [0.15, 0.2) is 0 Å². The summed E-state index contributed by atoms with van der Waals surface area (Å²) in [7, 11) is 0. The highest BCUT2D eigenvalue weighted by molar-refractivity contribution is 6.31. The van der Waals surface area contributed by atoms with E-state index in [2.05, 4.69) is 167 Å². The molecule has 0 saturated heterocycles. The molecular weight excluding hydrogens is 508 g/mol. The van der Waals surface area contributed by atoms with Crippen molar-refractivity contribution < 1.29 is 0 Å². The molecule has 0 unspecified atom stereocenters. The predicted octanol–water partition coefficient (Wildman–Crippen LogP) is 10.7. The number of fused-ring (bicyclic) bond motifs is 9. The van der Waals surface area contributed by atoms with Crippen LogP contribution >= 0.6 is 0 Å². The molecule has 9 aromatic rings. The van der Waals surface area contributed by atoms with Gasteiger partial charge < -0.3 is 9.13 Å². The molecule has 2 heteroatoms. The summed E-state index contributed by atoms with van der Waals surface area (Å²) < 4.78 is 4.89. The highest BCUT2D eigenvalue weighted by atomic mass is 15.0. The molecule has 42 heavy (non-hydrogen) atoms. The summed E-state index contributed by atoms with van der Waals surface area (Å²) in [5.74, 6) is 0. The lowest BCUT2D eigenvalue weighted by Crippen LogP contribution is -1.95. The number of aromatic nitrogens is 2. The Bertz CT molecular complexity index is 2440. The maximum absolute atomic E-state index is 2.48. The van der Waals surface area contributed by atoms with E-state index in [0.29, 0.717) is 0 Å². The first-order chi connectivity index (χ1) is 20.9. The summed E-state index contributed by atoms with van der Waals surface area (Å²) in [5.41, 5.74) is 9.68. The Balaban J connectivity index is 1.48. The molecule has 0 N–H and O–H groups in total. The Morgan fingerprint density at radius 1 is 0.333 bits per heavy atom. The molecule has 2 nitrogen and oxygen atoms in total. The molecule has 0 aliphatic rings. The third kappa shape index (κ3) is 3.27. The lowest BCUT2D eigenvalue weighted by atomic mass is 10.0. The van der Waals surface area contributed by atoms with Gasteiger partial charge in [-0.2, -0.15) is 0 Å². The number of benzene rings is 7. The normalized spacial score (nSPS) is 11.8. The maximum atomic E-state index is 2.48. The molecule has 0 aliphatic heterocycles. The summed E-state index contributed by atoms with van der Waals surface area (Å²) >= 11 is 0. The Hall–Kier alpha value is -5.60. The Kier molecular flexibility index (Phi) is 4.93. The third-order valence-electron chi connectivity index (χ3n) is 8.68. The third-order valence-corrected chi connectivity index (χ3v) is 8.68. The van der Waals surface area contributed by atoms with E-state index in [9.17, 15) is 0 Å². The van der Waals surface area contributed by atoms with E-state index >= 15 is 0 Å². The van der Waals surface area contributed by atoms with Gasteiger partial charge in [0, 0.05) is 38.3 Å². The van der Waals surface area contributed by atoms with Crippen molar-refractivity contribution >= 4 is 54.4 Å². The largest absolute Gasteiger partial charge is 0.309 e. The number of hydrogen-bond donors (Lipinski definition) is 0. The second-order valence-electron chi connectivity index (χ2n) is 11.0. The van der Waals surface area contributed by atoms with Gasteiger partial charge in [-0.15, -0.1) is 0 Å². The van der Waals surface area contributed by atoms with Crippen molar-refractivity contribution in [1.29, 1.82) is 0 Å². The molecule has 0 aliphatic carbocycles. The first kappa shape index (κ1) is 23.1. The zero-order chi connectivity index (χ0) is 27.6. The fourth-order valence-corrected chi connectivity index (χ4v) is 6.91. The topological polar surface area (TPSA) is 9.86 Å². The van der Waals surface area contributed by atoms with Gasteiger partial charge in [-0.25, -0.2) is 0 Å². The van der Waals surface area contributed by atoms with Gasteiger partial charge in [-0.3, -0.25) is 0 Å². The Labute approximate surface area is 243 Å². The number of rotatable bonds is 3. The Morgan fingerprint density at radius 3 is 1.79 bits per heavy atom. The minimum atomic E-state index is 1.17. The SMILES string of the molecule is c1ccc(-c2cccc(-n3c4ccc5c(c6ccccc6n5-c5ccccc5)c4c4ccc5ccccc5c43)c2)cc1. The van der Waals surface area contributed by atoms with E-state index < -0.39 is 0 Å². The Morgan fingerprint density at radius 2 is 0.952 bits per heavy atom. The highest BCUT2D eigenvalue weighted by Gasteiger charge is 2.21. The average molecular weight is 535 g/mol. The summed E-state index contributed by atoms with van der Waals surface area (Å²) in [4.78, 5) is 0. The van der Waals surface area contributed by atoms with Gasteiger partial charge in [-0.1, -0.05) is 115 Å². The van der Waals surface area contributed by atoms with E-state index in [-0.39, 0.29) is 0 Å². The minimum absolute atomic E-state index is 1.17. The lowest BCUT2D eigenvalue weighted by Gasteiger charge is -2.12. The van der Waals surface area contributed by atoms with Crippen molar-refractivity contribution in [2.45, 2.75) is 0 Å². The zero-order valence-corrected chi connectivity index (χ0v) is 22.9. The minimum Gasteiger partial charge on any atom is -0.309 e. The monoisotopic (exact) mass is 534 g/mol. The molecular formula is C40H26N2. The lowest BCUT2D eigenvalue weighted by molar-refractivity contribution is 1.17. The van der Waals surface area contributed by atoms with Crippen LogP contribution in [0.5, 0.6) is 0 Å². The van der Waals surface area contributed by atoms with Crippen LogP contribution in [0.2, 0.25) is 0 Å². The summed E-state index contributed by atoms with van der Waals surface area (Å²) in [6.07, 6.45) is 0. The van der Waals surface area contributed by atoms with Crippen LogP contribution in [0, 0.1) is 0 Å². The quantitative estimate of drug-likeness (QED) is 0.213. The molecule has 9 rings (SSSR count). The van der Waals surface area contributed by atoms with Crippen molar-refractivity contribution in [2.24, 2.45) is 0 Å². The standard InChI is InChI=1S/C40H26N2/c1-3-12-27(13-4-1)29-15-11-18-31(26-29)42-37-25-24-36-38(39(37)34-23-22-28-14-7-8-19-32(28)40(34)42)33-20-9-10-21-35(33)41(36)30-16-5-2-6-17-30/h1-26H. The second-order valence-corrected chi connectivity index (χ2v) is 11.0. The van der Waals surface area contributed by atoms with Crippen LogP contribution in [-0.2, 0) is 0 Å². The van der Waals surface area contributed by atoms with Crippen LogP contribution in [0.1, 0.15) is 0 Å². The van der Waals surface area contributed by atoms with Crippen LogP contribution in [-0.4, -0.2) is 9.13 Å². The van der Waals surface area contributed by atoms with Crippen LogP contribution < -0.4 is 0 Å². The summed E-state index contributed by atoms with van der Waals surface area (Å²) in [6, 6.07) is 57.1. The fraction of sp³-hybridized carbons (Fsp3) is 0. The van der Waals surface area contributed by atoms with E-state index in [4.69, 9.17) is 0 Å². The predicted molar refractivity (Wildman–Crippen MR) is 178 cm³/mol. The van der Waals surface area contributed by atoms with Gasteiger partial charge in [-0.05, 0) is 59.0 Å². The van der Waals surface area contributed by atoms with Crippen molar-refractivity contribution in [2.75, 3.05) is 0 Å². The molecule has 2 aromatic heterocycles. The van der Waals surface area contributed by atoms with E-state index in [1.807, 2.05) is 0 Å². The molecule has 7 aromatic carbocycles. The second kappa shape index (κ2) is 8.95.